The van der Waals surface area contributed by atoms with Crippen molar-refractivity contribution in [3.05, 3.63) is 59.7 Å². The number of fused-ring (bicyclic) bond motifs is 1. The van der Waals surface area contributed by atoms with Crippen LogP contribution in [0.5, 0.6) is 0 Å². The lowest BCUT2D eigenvalue weighted by molar-refractivity contribution is -0.121. The Morgan fingerprint density at radius 3 is 2.71 bits per heavy atom. The minimum Gasteiger partial charge on any atom is -0.323 e. The van der Waals surface area contributed by atoms with E-state index in [1.54, 1.807) is 16.7 Å². The third-order valence-corrected chi connectivity index (χ3v) is 5.31. The van der Waals surface area contributed by atoms with Gasteiger partial charge in [0, 0.05) is 5.75 Å². The van der Waals surface area contributed by atoms with Gasteiger partial charge in [0.15, 0.2) is 0 Å². The molecule has 0 fully saturated rings. The maximum absolute atomic E-state index is 12.8. The Morgan fingerprint density at radius 2 is 1.92 bits per heavy atom. The topological polar surface area (TPSA) is 49.4 Å². The van der Waals surface area contributed by atoms with Gasteiger partial charge in [0.2, 0.25) is 11.8 Å². The number of nitrogens with one attached hydrogen (secondary N) is 1. The van der Waals surface area contributed by atoms with Gasteiger partial charge in [0.25, 0.3) is 0 Å². The average Bonchev–Trinajstić information content (AvgIpc) is 2.59. The van der Waals surface area contributed by atoms with Gasteiger partial charge < -0.3 is 5.32 Å². The predicted octanol–water partition coefficient (Wildman–Crippen LogP) is 3.60. The van der Waals surface area contributed by atoms with Crippen molar-refractivity contribution in [2.45, 2.75) is 24.9 Å². The highest BCUT2D eigenvalue weighted by atomic mass is 32.2. The molecule has 2 aromatic rings. The molecule has 0 spiro atoms. The Bertz CT molecular complexity index is 775. The van der Waals surface area contributed by atoms with Crippen molar-refractivity contribution in [3.63, 3.8) is 0 Å². The fraction of sp³-hybridized carbons (Fsp3) is 0.263. The summed E-state index contributed by atoms with van der Waals surface area (Å²) >= 11 is 1.60. The van der Waals surface area contributed by atoms with Crippen molar-refractivity contribution in [3.8, 4) is 0 Å². The highest BCUT2D eigenvalue weighted by Gasteiger charge is 2.29. The molecule has 1 aliphatic heterocycles. The molecule has 2 amide bonds. The number of nitrogens with zero attached hydrogens (tertiary/aromatic N) is 1. The van der Waals surface area contributed by atoms with Crippen molar-refractivity contribution in [1.82, 2.24) is 0 Å². The molecule has 4 nitrogen and oxygen atoms in total. The van der Waals surface area contributed by atoms with E-state index in [9.17, 15) is 9.59 Å². The molecule has 5 heteroatoms. The molecule has 2 aromatic carbocycles. The molecule has 1 atom stereocenters. The summed E-state index contributed by atoms with van der Waals surface area (Å²) < 4.78 is 0. The Kier molecular flexibility index (Phi) is 4.90. The van der Waals surface area contributed by atoms with Crippen molar-refractivity contribution in [2.75, 3.05) is 16.8 Å². The van der Waals surface area contributed by atoms with Crippen LogP contribution in [-0.2, 0) is 15.3 Å². The van der Waals surface area contributed by atoms with Gasteiger partial charge in [-0.25, -0.2) is 0 Å². The Hall–Kier alpha value is -2.27. The van der Waals surface area contributed by atoms with Gasteiger partial charge in [-0.15, -0.1) is 11.8 Å². The van der Waals surface area contributed by atoms with Crippen molar-refractivity contribution in [1.29, 1.82) is 0 Å². The summed E-state index contributed by atoms with van der Waals surface area (Å²) in [6.07, 6.45) is 0. The normalized spacial score (nSPS) is 14.8. The van der Waals surface area contributed by atoms with Crippen LogP contribution in [0.4, 0.5) is 11.4 Å². The van der Waals surface area contributed by atoms with Gasteiger partial charge in [-0.1, -0.05) is 36.4 Å². The fourth-order valence-electron chi connectivity index (χ4n) is 2.71. The summed E-state index contributed by atoms with van der Waals surface area (Å²) in [7, 11) is 0. The SMILES string of the molecule is Cc1ccccc1CS[C@@H](C)C(=O)N1CC(=O)Nc2ccccc21. The Morgan fingerprint density at radius 1 is 1.21 bits per heavy atom. The van der Waals surface area contributed by atoms with Crippen LogP contribution in [0.1, 0.15) is 18.1 Å². The molecule has 1 heterocycles. The first-order valence-electron chi connectivity index (χ1n) is 7.92. The number of rotatable bonds is 4. The van der Waals surface area contributed by atoms with E-state index in [2.05, 4.69) is 24.4 Å². The number of carbonyl (C=O) groups excluding carboxylic acids is 2. The van der Waals surface area contributed by atoms with Crippen LogP contribution in [0.15, 0.2) is 48.5 Å². The molecular weight excluding hydrogens is 320 g/mol. The second-order valence-electron chi connectivity index (χ2n) is 5.87. The number of amides is 2. The summed E-state index contributed by atoms with van der Waals surface area (Å²) in [6, 6.07) is 15.6. The summed E-state index contributed by atoms with van der Waals surface area (Å²) in [5.74, 6) is 0.593. The van der Waals surface area contributed by atoms with Crippen LogP contribution in [0.25, 0.3) is 0 Å². The second kappa shape index (κ2) is 7.09. The number of para-hydroxylation sites is 2. The number of anilines is 2. The quantitative estimate of drug-likeness (QED) is 0.925. The second-order valence-corrected chi connectivity index (χ2v) is 7.20. The molecule has 1 aliphatic rings. The molecule has 0 saturated carbocycles. The summed E-state index contributed by atoms with van der Waals surface area (Å²) in [6.45, 7) is 4.05. The first kappa shape index (κ1) is 16.6. The Labute approximate surface area is 146 Å². The molecule has 1 N–H and O–H groups in total. The molecule has 3 rings (SSSR count). The molecule has 0 bridgehead atoms. The van der Waals surface area contributed by atoms with Crippen LogP contribution in [0.2, 0.25) is 0 Å². The van der Waals surface area contributed by atoms with Crippen molar-refractivity contribution in [2.24, 2.45) is 0 Å². The fourth-order valence-corrected chi connectivity index (χ4v) is 3.73. The Balaban J connectivity index is 1.72. The number of thioether (sulfide) groups is 1. The minimum absolute atomic E-state index is 0.0316. The highest BCUT2D eigenvalue weighted by Crippen LogP contribution is 2.31. The van der Waals surface area contributed by atoms with E-state index in [1.807, 2.05) is 43.3 Å². The predicted molar refractivity (Wildman–Crippen MR) is 99.4 cm³/mol. The monoisotopic (exact) mass is 340 g/mol. The molecular formula is C19H20N2O2S. The van der Waals surface area contributed by atoms with E-state index in [0.29, 0.717) is 5.69 Å². The van der Waals surface area contributed by atoms with Gasteiger partial charge in [0.05, 0.1) is 16.6 Å². The summed E-state index contributed by atoms with van der Waals surface area (Å²) in [5.41, 5.74) is 3.93. The van der Waals surface area contributed by atoms with E-state index in [1.165, 1.54) is 11.1 Å². The molecule has 0 saturated heterocycles. The molecule has 24 heavy (non-hydrogen) atoms. The van der Waals surface area contributed by atoms with E-state index < -0.39 is 0 Å². The third-order valence-electron chi connectivity index (χ3n) is 4.13. The number of hydrogen-bond acceptors (Lipinski definition) is 3. The number of benzene rings is 2. The van der Waals surface area contributed by atoms with Crippen LogP contribution in [0.3, 0.4) is 0 Å². The summed E-state index contributed by atoms with van der Waals surface area (Å²) in [4.78, 5) is 26.3. The number of carbonyl (C=O) groups is 2. The van der Waals surface area contributed by atoms with Gasteiger partial charge in [-0.3, -0.25) is 14.5 Å². The average molecular weight is 340 g/mol. The van der Waals surface area contributed by atoms with Crippen molar-refractivity contribution >= 4 is 35.0 Å². The largest absolute Gasteiger partial charge is 0.323 e. The standard InChI is InChI=1S/C19H20N2O2S/c1-13-7-3-4-8-15(13)12-24-14(2)19(23)21-11-18(22)20-16-9-5-6-10-17(16)21/h3-10,14H,11-12H2,1-2H3,(H,20,22)/t14-/m0/s1. The van der Waals surface area contributed by atoms with Crippen LogP contribution < -0.4 is 10.2 Å². The molecule has 0 radical (unpaired) electrons. The van der Waals surface area contributed by atoms with Gasteiger partial charge >= 0.3 is 0 Å². The zero-order chi connectivity index (χ0) is 17.1. The summed E-state index contributed by atoms with van der Waals surface area (Å²) in [5, 5.41) is 2.59. The first-order chi connectivity index (χ1) is 11.6. The lowest BCUT2D eigenvalue weighted by atomic mass is 10.1. The number of hydrogen-bond donors (Lipinski definition) is 1. The zero-order valence-corrected chi connectivity index (χ0v) is 14.6. The molecule has 0 unspecified atom stereocenters. The van der Waals surface area contributed by atoms with E-state index in [4.69, 9.17) is 0 Å². The third kappa shape index (κ3) is 3.46. The smallest absolute Gasteiger partial charge is 0.244 e. The van der Waals surface area contributed by atoms with Gasteiger partial charge in [0.1, 0.15) is 6.54 Å². The highest BCUT2D eigenvalue weighted by molar-refractivity contribution is 7.99. The van der Waals surface area contributed by atoms with Crippen LogP contribution in [-0.4, -0.2) is 23.6 Å². The van der Waals surface area contributed by atoms with Crippen molar-refractivity contribution < 1.29 is 9.59 Å². The van der Waals surface area contributed by atoms with E-state index >= 15 is 0 Å². The first-order valence-corrected chi connectivity index (χ1v) is 8.97. The maximum atomic E-state index is 12.8. The molecule has 0 aliphatic carbocycles. The van der Waals surface area contributed by atoms with E-state index in [-0.39, 0.29) is 23.6 Å². The lowest BCUT2D eigenvalue weighted by Crippen LogP contribution is -2.45. The minimum atomic E-state index is -0.219. The zero-order valence-electron chi connectivity index (χ0n) is 13.8. The maximum Gasteiger partial charge on any atom is 0.244 e. The lowest BCUT2D eigenvalue weighted by Gasteiger charge is -2.31. The van der Waals surface area contributed by atoms with Gasteiger partial charge in [-0.05, 0) is 37.1 Å². The van der Waals surface area contributed by atoms with Crippen LogP contribution >= 0.6 is 11.8 Å². The van der Waals surface area contributed by atoms with Gasteiger partial charge in [-0.2, -0.15) is 0 Å². The van der Waals surface area contributed by atoms with E-state index in [0.717, 1.165) is 11.4 Å². The van der Waals surface area contributed by atoms with Crippen LogP contribution in [0, 0.1) is 6.92 Å². The molecule has 124 valence electrons. The molecule has 0 aromatic heterocycles. The number of aryl methyl sites for hydroxylation is 1.